The minimum absolute atomic E-state index is 0.214. The molecule has 0 spiro atoms. The second-order valence-electron chi connectivity index (χ2n) is 4.14. The zero-order chi connectivity index (χ0) is 12.3. The fraction of sp³-hybridized carbons (Fsp3) is 0.636. The van der Waals surface area contributed by atoms with E-state index in [9.17, 15) is 4.79 Å². The summed E-state index contributed by atoms with van der Waals surface area (Å²) in [6, 6.07) is 0. The van der Waals surface area contributed by atoms with E-state index in [-0.39, 0.29) is 6.61 Å². The molecule has 0 radical (unpaired) electrons. The Morgan fingerprint density at radius 3 is 3.29 bits per heavy atom. The Kier molecular flexibility index (Phi) is 3.96. The van der Waals surface area contributed by atoms with E-state index in [1.807, 2.05) is 0 Å². The number of thiazole rings is 1. The van der Waals surface area contributed by atoms with Crippen LogP contribution in [0, 0.1) is 5.92 Å². The number of rotatable bonds is 3. The van der Waals surface area contributed by atoms with Crippen molar-refractivity contribution in [2.24, 2.45) is 5.92 Å². The number of aliphatic hydroxyl groups is 1. The fourth-order valence-electron chi connectivity index (χ4n) is 2.00. The number of nitrogens with zero attached hydrogens (tertiary/aromatic N) is 2. The van der Waals surface area contributed by atoms with Crippen LogP contribution in [-0.2, 0) is 4.74 Å². The largest absolute Gasteiger partial charge is 0.464 e. The number of esters is 1. The van der Waals surface area contributed by atoms with E-state index in [4.69, 9.17) is 5.11 Å². The van der Waals surface area contributed by atoms with Crippen LogP contribution in [0.2, 0.25) is 0 Å². The number of hydrogen-bond acceptors (Lipinski definition) is 6. The third-order valence-electron chi connectivity index (χ3n) is 2.93. The lowest BCUT2D eigenvalue weighted by atomic mass is 10.00. The Hall–Kier alpha value is -1.14. The van der Waals surface area contributed by atoms with E-state index in [0.717, 1.165) is 31.1 Å². The molecule has 1 saturated heterocycles. The van der Waals surface area contributed by atoms with Gasteiger partial charge in [0.25, 0.3) is 0 Å². The lowest BCUT2D eigenvalue weighted by Crippen LogP contribution is -2.36. The van der Waals surface area contributed by atoms with Crippen LogP contribution in [0.5, 0.6) is 0 Å². The van der Waals surface area contributed by atoms with Crippen LogP contribution in [0.4, 0.5) is 5.13 Å². The second kappa shape index (κ2) is 5.46. The molecular formula is C11H16N2O3S. The first-order valence-corrected chi connectivity index (χ1v) is 6.52. The van der Waals surface area contributed by atoms with Gasteiger partial charge in [0.15, 0.2) is 10.8 Å². The molecule has 2 heterocycles. The number of ether oxygens (including phenoxy) is 1. The predicted molar refractivity (Wildman–Crippen MR) is 65.5 cm³/mol. The van der Waals surface area contributed by atoms with Gasteiger partial charge in [-0.05, 0) is 18.8 Å². The molecule has 2 rings (SSSR count). The molecule has 1 aliphatic rings. The number of methoxy groups -OCH3 is 1. The van der Waals surface area contributed by atoms with E-state index in [1.165, 1.54) is 18.4 Å². The van der Waals surface area contributed by atoms with Gasteiger partial charge in [-0.2, -0.15) is 0 Å². The maximum atomic E-state index is 11.3. The minimum atomic E-state index is -0.400. The van der Waals surface area contributed by atoms with E-state index in [1.54, 1.807) is 5.38 Å². The molecule has 1 aliphatic heterocycles. The molecule has 0 bridgehead atoms. The van der Waals surface area contributed by atoms with E-state index in [2.05, 4.69) is 14.6 Å². The third-order valence-corrected chi connectivity index (χ3v) is 3.84. The number of aromatic nitrogens is 1. The maximum Gasteiger partial charge on any atom is 0.357 e. The van der Waals surface area contributed by atoms with Crippen molar-refractivity contribution in [1.29, 1.82) is 0 Å². The molecule has 1 unspecified atom stereocenters. The first-order chi connectivity index (χ1) is 8.24. The summed E-state index contributed by atoms with van der Waals surface area (Å²) in [6.07, 6.45) is 2.11. The predicted octanol–water partition coefficient (Wildman–Crippen LogP) is 1.14. The van der Waals surface area contributed by atoms with Crippen LogP contribution in [0.3, 0.4) is 0 Å². The maximum absolute atomic E-state index is 11.3. The van der Waals surface area contributed by atoms with Gasteiger partial charge < -0.3 is 14.7 Å². The summed E-state index contributed by atoms with van der Waals surface area (Å²) in [4.78, 5) is 17.7. The van der Waals surface area contributed by atoms with Crippen LogP contribution >= 0.6 is 11.3 Å². The quantitative estimate of drug-likeness (QED) is 0.822. The van der Waals surface area contributed by atoms with Gasteiger partial charge >= 0.3 is 5.97 Å². The van der Waals surface area contributed by atoms with Crippen LogP contribution in [0.25, 0.3) is 0 Å². The molecule has 1 aromatic heterocycles. The topological polar surface area (TPSA) is 62.7 Å². The highest BCUT2D eigenvalue weighted by Gasteiger charge is 2.22. The molecule has 5 nitrogen and oxygen atoms in total. The molecule has 1 aromatic rings. The number of anilines is 1. The highest BCUT2D eigenvalue weighted by molar-refractivity contribution is 7.13. The summed E-state index contributed by atoms with van der Waals surface area (Å²) in [5.74, 6) is -0.0857. The van der Waals surface area contributed by atoms with Crippen molar-refractivity contribution in [2.45, 2.75) is 12.8 Å². The lowest BCUT2D eigenvalue weighted by molar-refractivity contribution is 0.0595. The van der Waals surface area contributed by atoms with E-state index in [0.29, 0.717) is 11.6 Å². The average Bonchev–Trinajstić information content (AvgIpc) is 2.87. The third kappa shape index (κ3) is 2.76. The van der Waals surface area contributed by atoms with Crippen LogP contribution in [0.15, 0.2) is 5.38 Å². The molecule has 0 aromatic carbocycles. The summed E-state index contributed by atoms with van der Waals surface area (Å²) in [6.45, 7) is 1.96. The number of carbonyl (C=O) groups is 1. The van der Waals surface area contributed by atoms with Gasteiger partial charge in [0.1, 0.15) is 0 Å². The van der Waals surface area contributed by atoms with Crippen molar-refractivity contribution in [3.63, 3.8) is 0 Å². The highest BCUT2D eigenvalue weighted by Crippen LogP contribution is 2.26. The molecular weight excluding hydrogens is 240 g/mol. The number of hydrogen-bond donors (Lipinski definition) is 1. The first-order valence-electron chi connectivity index (χ1n) is 5.64. The molecule has 1 N–H and O–H groups in total. The van der Waals surface area contributed by atoms with Crippen molar-refractivity contribution in [2.75, 3.05) is 31.7 Å². The normalized spacial score (nSPS) is 20.4. The van der Waals surface area contributed by atoms with Crippen molar-refractivity contribution in [1.82, 2.24) is 4.98 Å². The van der Waals surface area contributed by atoms with Gasteiger partial charge in [0.2, 0.25) is 0 Å². The molecule has 6 heteroatoms. The zero-order valence-electron chi connectivity index (χ0n) is 9.76. The highest BCUT2D eigenvalue weighted by atomic mass is 32.1. The number of aliphatic hydroxyl groups excluding tert-OH is 1. The van der Waals surface area contributed by atoms with Crippen molar-refractivity contribution in [3.05, 3.63) is 11.1 Å². The Bertz CT molecular complexity index is 394. The molecule has 17 heavy (non-hydrogen) atoms. The van der Waals surface area contributed by atoms with Crippen LogP contribution < -0.4 is 4.90 Å². The molecule has 94 valence electrons. The van der Waals surface area contributed by atoms with Gasteiger partial charge in [-0.15, -0.1) is 11.3 Å². The Labute approximate surface area is 104 Å². The molecule has 0 amide bonds. The van der Waals surface area contributed by atoms with E-state index >= 15 is 0 Å². The van der Waals surface area contributed by atoms with Gasteiger partial charge in [0, 0.05) is 25.1 Å². The lowest BCUT2D eigenvalue weighted by Gasteiger charge is -2.31. The summed E-state index contributed by atoms with van der Waals surface area (Å²) in [5.41, 5.74) is 0.360. The van der Waals surface area contributed by atoms with Crippen molar-refractivity contribution < 1.29 is 14.6 Å². The van der Waals surface area contributed by atoms with Gasteiger partial charge in [-0.3, -0.25) is 0 Å². The minimum Gasteiger partial charge on any atom is -0.464 e. The van der Waals surface area contributed by atoms with Gasteiger partial charge in [-0.1, -0.05) is 0 Å². The van der Waals surface area contributed by atoms with Gasteiger partial charge in [-0.25, -0.2) is 9.78 Å². The van der Waals surface area contributed by atoms with Crippen LogP contribution in [-0.4, -0.2) is 42.9 Å². The summed E-state index contributed by atoms with van der Waals surface area (Å²) in [5, 5.41) is 11.7. The monoisotopic (exact) mass is 256 g/mol. The Morgan fingerprint density at radius 2 is 2.59 bits per heavy atom. The Morgan fingerprint density at radius 1 is 1.76 bits per heavy atom. The summed E-state index contributed by atoms with van der Waals surface area (Å²) in [7, 11) is 1.35. The zero-order valence-corrected chi connectivity index (χ0v) is 10.6. The van der Waals surface area contributed by atoms with Crippen LogP contribution in [0.1, 0.15) is 23.3 Å². The SMILES string of the molecule is COC(=O)c1csc(N2CCCC(CO)C2)n1. The van der Waals surface area contributed by atoms with Gasteiger partial charge in [0.05, 0.1) is 7.11 Å². The van der Waals surface area contributed by atoms with E-state index < -0.39 is 5.97 Å². The summed E-state index contributed by atoms with van der Waals surface area (Å²) >= 11 is 1.44. The molecule has 0 saturated carbocycles. The van der Waals surface area contributed by atoms with Crippen molar-refractivity contribution >= 4 is 22.4 Å². The second-order valence-corrected chi connectivity index (χ2v) is 4.98. The molecule has 1 fully saturated rings. The average molecular weight is 256 g/mol. The Balaban J connectivity index is 2.06. The van der Waals surface area contributed by atoms with Crippen molar-refractivity contribution in [3.8, 4) is 0 Å². The molecule has 0 aliphatic carbocycles. The first kappa shape index (κ1) is 12.3. The standard InChI is InChI=1S/C11H16N2O3S/c1-16-10(15)9-7-17-11(12-9)13-4-2-3-8(5-13)6-14/h7-8,14H,2-6H2,1H3. The fourth-order valence-corrected chi connectivity index (χ4v) is 2.83. The number of carbonyl (C=O) groups excluding carboxylic acids is 1. The molecule has 1 atom stereocenters. The summed E-state index contributed by atoms with van der Waals surface area (Å²) < 4.78 is 4.63. The number of piperidine rings is 1. The smallest absolute Gasteiger partial charge is 0.357 e.